The standard InChI is InChI=1S/C18H17F3N2O5S2/c1-27-17(24)15-9-14(10-23(15)30(25,26)16-6-3-7-29-16)22-28-11-12-4-2-5-13(8-12)18(19,20)21/h2-8,15H,9-11H2,1H3/b22-14+/t15-/m0/s1. The Morgan fingerprint density at radius 1 is 1.30 bits per heavy atom. The summed E-state index contributed by atoms with van der Waals surface area (Å²) < 4.78 is 69.8. The predicted molar refractivity (Wildman–Crippen MR) is 102 cm³/mol. The van der Waals surface area contributed by atoms with E-state index in [2.05, 4.69) is 5.16 Å². The fourth-order valence-corrected chi connectivity index (χ4v) is 5.58. The van der Waals surface area contributed by atoms with Gasteiger partial charge in [0, 0.05) is 6.42 Å². The summed E-state index contributed by atoms with van der Waals surface area (Å²) in [5.74, 6) is -0.738. The van der Waals surface area contributed by atoms with E-state index in [0.29, 0.717) is 0 Å². The van der Waals surface area contributed by atoms with Crippen LogP contribution in [0.1, 0.15) is 17.5 Å². The fourth-order valence-electron chi connectivity index (χ4n) is 2.90. The van der Waals surface area contributed by atoms with Crippen LogP contribution in [-0.4, -0.2) is 44.1 Å². The van der Waals surface area contributed by atoms with Crippen LogP contribution >= 0.6 is 11.3 Å². The van der Waals surface area contributed by atoms with Gasteiger partial charge in [0.25, 0.3) is 10.0 Å². The highest BCUT2D eigenvalue weighted by atomic mass is 32.2. The van der Waals surface area contributed by atoms with E-state index < -0.39 is 33.8 Å². The zero-order chi connectivity index (χ0) is 21.9. The van der Waals surface area contributed by atoms with Crippen LogP contribution in [0, 0.1) is 0 Å². The zero-order valence-corrected chi connectivity index (χ0v) is 17.3. The molecule has 0 saturated carbocycles. The Labute approximate surface area is 174 Å². The number of thiophene rings is 1. The quantitative estimate of drug-likeness (QED) is 0.486. The molecule has 1 aliphatic rings. The number of hydrogen-bond donors (Lipinski definition) is 0. The van der Waals surface area contributed by atoms with Crippen LogP contribution in [0.4, 0.5) is 13.2 Å². The van der Waals surface area contributed by atoms with Crippen molar-refractivity contribution in [2.24, 2.45) is 5.16 Å². The fraction of sp³-hybridized carbons (Fsp3) is 0.333. The Balaban J connectivity index is 1.74. The monoisotopic (exact) mass is 462 g/mol. The lowest BCUT2D eigenvalue weighted by molar-refractivity contribution is -0.144. The van der Waals surface area contributed by atoms with Gasteiger partial charge in [-0.1, -0.05) is 23.4 Å². The summed E-state index contributed by atoms with van der Waals surface area (Å²) in [4.78, 5) is 17.2. The highest BCUT2D eigenvalue weighted by Crippen LogP contribution is 2.30. The second kappa shape index (κ2) is 8.74. The molecule has 0 unspecified atom stereocenters. The molecule has 162 valence electrons. The highest BCUT2D eigenvalue weighted by molar-refractivity contribution is 7.91. The maximum absolute atomic E-state index is 12.8. The summed E-state index contributed by atoms with van der Waals surface area (Å²) in [5, 5.41) is 5.45. The molecule has 1 aromatic heterocycles. The molecule has 0 amide bonds. The van der Waals surface area contributed by atoms with Crippen LogP contribution in [0.25, 0.3) is 0 Å². The molecular weight excluding hydrogens is 445 g/mol. The third kappa shape index (κ3) is 4.82. The number of halogens is 3. The van der Waals surface area contributed by atoms with Crippen LogP contribution in [0.5, 0.6) is 0 Å². The number of ether oxygens (including phenoxy) is 1. The molecule has 2 heterocycles. The first-order valence-electron chi connectivity index (χ1n) is 8.60. The number of rotatable bonds is 6. The van der Waals surface area contributed by atoms with Crippen molar-refractivity contribution in [2.45, 2.75) is 29.5 Å². The number of carbonyl (C=O) groups is 1. The number of alkyl halides is 3. The van der Waals surface area contributed by atoms with E-state index >= 15 is 0 Å². The van der Waals surface area contributed by atoms with E-state index in [0.717, 1.165) is 34.9 Å². The van der Waals surface area contributed by atoms with Crippen LogP contribution in [0.2, 0.25) is 0 Å². The molecule has 3 rings (SSSR count). The van der Waals surface area contributed by atoms with E-state index in [1.54, 1.807) is 11.4 Å². The summed E-state index contributed by atoms with van der Waals surface area (Å²) >= 11 is 1.01. The van der Waals surface area contributed by atoms with Gasteiger partial charge in [-0.15, -0.1) is 11.3 Å². The summed E-state index contributed by atoms with van der Waals surface area (Å²) in [5.41, 5.74) is -0.298. The maximum Gasteiger partial charge on any atom is 0.416 e. The molecule has 1 saturated heterocycles. The maximum atomic E-state index is 12.8. The van der Waals surface area contributed by atoms with Crippen LogP contribution in [0.15, 0.2) is 51.1 Å². The average molecular weight is 462 g/mol. The molecule has 30 heavy (non-hydrogen) atoms. The summed E-state index contributed by atoms with van der Waals surface area (Å²) in [7, 11) is -2.79. The van der Waals surface area contributed by atoms with Gasteiger partial charge < -0.3 is 9.57 Å². The summed E-state index contributed by atoms with van der Waals surface area (Å²) in [6, 6.07) is 6.50. The van der Waals surface area contributed by atoms with Gasteiger partial charge in [-0.3, -0.25) is 4.79 Å². The van der Waals surface area contributed by atoms with Gasteiger partial charge in [0.15, 0.2) is 0 Å². The third-order valence-corrected chi connectivity index (χ3v) is 7.55. The Morgan fingerprint density at radius 3 is 2.70 bits per heavy atom. The molecule has 0 N–H and O–H groups in total. The minimum atomic E-state index is -4.47. The number of oxime groups is 1. The first-order chi connectivity index (χ1) is 14.1. The molecule has 0 spiro atoms. The Bertz CT molecular complexity index is 1040. The average Bonchev–Trinajstić information content (AvgIpc) is 3.38. The minimum Gasteiger partial charge on any atom is -0.468 e. The van der Waals surface area contributed by atoms with Crippen molar-refractivity contribution in [2.75, 3.05) is 13.7 Å². The minimum absolute atomic E-state index is 0.0418. The molecule has 1 fully saturated rings. The molecule has 1 aromatic carbocycles. The van der Waals surface area contributed by atoms with Gasteiger partial charge in [-0.2, -0.15) is 17.5 Å². The van der Waals surface area contributed by atoms with E-state index in [1.807, 2.05) is 0 Å². The van der Waals surface area contributed by atoms with E-state index in [9.17, 15) is 26.4 Å². The number of methoxy groups -OCH3 is 1. The van der Waals surface area contributed by atoms with Gasteiger partial charge in [0.05, 0.1) is 24.9 Å². The molecule has 12 heteroatoms. The Kier molecular flexibility index (Phi) is 6.48. The van der Waals surface area contributed by atoms with Crippen LogP contribution < -0.4 is 0 Å². The summed E-state index contributed by atoms with van der Waals surface area (Å²) in [6.45, 7) is -0.434. The number of sulfonamides is 1. The third-order valence-electron chi connectivity index (χ3n) is 4.33. The lowest BCUT2D eigenvalue weighted by Gasteiger charge is -2.20. The lowest BCUT2D eigenvalue weighted by atomic mass is 10.1. The number of hydrogen-bond acceptors (Lipinski definition) is 7. The van der Waals surface area contributed by atoms with Crippen LogP contribution in [0.3, 0.4) is 0 Å². The smallest absolute Gasteiger partial charge is 0.416 e. The molecule has 0 aliphatic carbocycles. The van der Waals surface area contributed by atoms with Crippen molar-refractivity contribution in [3.63, 3.8) is 0 Å². The second-order valence-corrected chi connectivity index (χ2v) is 9.42. The van der Waals surface area contributed by atoms with Gasteiger partial charge in [-0.05, 0) is 29.1 Å². The van der Waals surface area contributed by atoms with Crippen molar-refractivity contribution >= 4 is 33.0 Å². The second-order valence-electron chi connectivity index (χ2n) is 6.35. The van der Waals surface area contributed by atoms with Crippen LogP contribution in [-0.2, 0) is 37.2 Å². The topological polar surface area (TPSA) is 85.3 Å². The predicted octanol–water partition coefficient (Wildman–Crippen LogP) is 3.28. The largest absolute Gasteiger partial charge is 0.468 e. The van der Waals surface area contributed by atoms with Gasteiger partial charge in [-0.25, -0.2) is 8.42 Å². The zero-order valence-electron chi connectivity index (χ0n) is 15.6. The molecule has 1 aliphatic heterocycles. The first kappa shape index (κ1) is 22.2. The number of carbonyl (C=O) groups excluding carboxylic acids is 1. The number of nitrogens with zero attached hydrogens (tertiary/aromatic N) is 2. The molecule has 2 aromatic rings. The van der Waals surface area contributed by atoms with E-state index in [-0.39, 0.29) is 35.1 Å². The molecule has 0 radical (unpaired) electrons. The number of esters is 1. The first-order valence-corrected chi connectivity index (χ1v) is 10.9. The lowest BCUT2D eigenvalue weighted by Crippen LogP contribution is -2.40. The molecule has 1 atom stereocenters. The highest BCUT2D eigenvalue weighted by Gasteiger charge is 2.44. The van der Waals surface area contributed by atoms with E-state index in [1.165, 1.54) is 18.2 Å². The van der Waals surface area contributed by atoms with Crippen molar-refractivity contribution in [1.82, 2.24) is 4.31 Å². The van der Waals surface area contributed by atoms with Gasteiger partial charge in [0.1, 0.15) is 16.9 Å². The van der Waals surface area contributed by atoms with E-state index in [4.69, 9.17) is 9.57 Å². The van der Waals surface area contributed by atoms with Crippen molar-refractivity contribution < 1.29 is 36.0 Å². The normalized spacial score (nSPS) is 19.2. The van der Waals surface area contributed by atoms with Crippen molar-refractivity contribution in [3.8, 4) is 0 Å². The van der Waals surface area contributed by atoms with Crippen molar-refractivity contribution in [1.29, 1.82) is 0 Å². The Morgan fingerprint density at radius 2 is 2.07 bits per heavy atom. The molecule has 7 nitrogen and oxygen atoms in total. The summed E-state index contributed by atoms with van der Waals surface area (Å²) in [6.07, 6.45) is -4.52. The SMILES string of the molecule is COC(=O)[C@@H]1C/C(=N\OCc2cccc(C(F)(F)F)c2)CN1S(=O)(=O)c1cccs1. The molecular formula is C18H17F3N2O5S2. The van der Waals surface area contributed by atoms with Crippen molar-refractivity contribution in [3.05, 3.63) is 52.9 Å². The Hall–Kier alpha value is -2.44. The molecule has 0 bridgehead atoms. The number of benzene rings is 1. The van der Waals surface area contributed by atoms with Gasteiger partial charge >= 0.3 is 12.1 Å². The van der Waals surface area contributed by atoms with Gasteiger partial charge in [0.2, 0.25) is 0 Å².